The molecule has 2 amide bonds. The number of hydrogen-bond acceptors (Lipinski definition) is 3. The normalized spacial score (nSPS) is 10.6. The van der Waals surface area contributed by atoms with E-state index in [9.17, 15) is 18.4 Å². The summed E-state index contributed by atoms with van der Waals surface area (Å²) in [5, 5.41) is 9.58. The fourth-order valence-electron chi connectivity index (χ4n) is 3.33. The quantitative estimate of drug-likeness (QED) is 0.456. The van der Waals surface area contributed by atoms with E-state index in [2.05, 4.69) is 15.5 Å². The van der Waals surface area contributed by atoms with Gasteiger partial charge in [0.05, 0.1) is 17.5 Å². The van der Waals surface area contributed by atoms with E-state index in [4.69, 9.17) is 0 Å². The van der Waals surface area contributed by atoms with E-state index in [1.807, 2.05) is 42.5 Å². The van der Waals surface area contributed by atoms with Gasteiger partial charge in [-0.25, -0.2) is 8.78 Å². The first-order valence-electron chi connectivity index (χ1n) is 10.1. The van der Waals surface area contributed by atoms with Crippen LogP contribution in [-0.4, -0.2) is 29.1 Å². The summed E-state index contributed by atoms with van der Waals surface area (Å²) in [6.45, 7) is 0.198. The van der Waals surface area contributed by atoms with Crippen molar-refractivity contribution in [2.75, 3.05) is 11.9 Å². The van der Waals surface area contributed by atoms with E-state index < -0.39 is 17.5 Å². The van der Waals surface area contributed by atoms with Crippen LogP contribution in [0, 0.1) is 11.6 Å². The van der Waals surface area contributed by atoms with Crippen molar-refractivity contribution < 1.29 is 18.4 Å². The number of benzene rings is 3. The molecule has 33 heavy (non-hydrogen) atoms. The molecule has 4 rings (SSSR count). The van der Waals surface area contributed by atoms with Crippen LogP contribution in [0.3, 0.4) is 0 Å². The van der Waals surface area contributed by atoms with Crippen molar-refractivity contribution in [3.8, 4) is 11.3 Å². The predicted molar refractivity (Wildman–Crippen MR) is 121 cm³/mol. The number of carbonyl (C=O) groups is 2. The van der Waals surface area contributed by atoms with E-state index in [1.165, 1.54) is 12.3 Å². The Labute approximate surface area is 188 Å². The molecule has 0 saturated carbocycles. The molecule has 4 aromatic rings. The summed E-state index contributed by atoms with van der Waals surface area (Å²) in [5.74, 6) is -2.79. The maximum atomic E-state index is 13.3. The average molecular weight is 446 g/mol. The van der Waals surface area contributed by atoms with Crippen molar-refractivity contribution in [2.45, 2.75) is 6.54 Å². The number of amides is 2. The minimum atomic E-state index is -1.07. The summed E-state index contributed by atoms with van der Waals surface area (Å²) in [4.78, 5) is 26.7. The Morgan fingerprint density at radius 3 is 2.39 bits per heavy atom. The molecule has 0 saturated heterocycles. The molecule has 6 nitrogen and oxygen atoms in total. The van der Waals surface area contributed by atoms with Gasteiger partial charge in [0.15, 0.2) is 11.6 Å². The maximum absolute atomic E-state index is 13.3. The molecular formula is C25H20F2N4O2. The Balaban J connectivity index is 1.45. The Bertz CT molecular complexity index is 1290. The summed E-state index contributed by atoms with van der Waals surface area (Å²) < 4.78 is 26.4. The third-order valence-electron chi connectivity index (χ3n) is 5.20. The summed E-state index contributed by atoms with van der Waals surface area (Å²) in [6.07, 6.45) is 1.49. The third kappa shape index (κ3) is 4.79. The lowest BCUT2D eigenvalue weighted by Gasteiger charge is -2.17. The van der Waals surface area contributed by atoms with Gasteiger partial charge in [-0.1, -0.05) is 42.5 Å². The number of hydrogen-bond donors (Lipinski definition) is 2. The van der Waals surface area contributed by atoms with E-state index in [1.54, 1.807) is 24.1 Å². The maximum Gasteiger partial charge on any atom is 0.261 e. The molecule has 3 aromatic carbocycles. The number of rotatable bonds is 6. The molecule has 0 aliphatic heterocycles. The van der Waals surface area contributed by atoms with Gasteiger partial charge in [-0.2, -0.15) is 5.10 Å². The van der Waals surface area contributed by atoms with Gasteiger partial charge in [-0.05, 0) is 35.9 Å². The van der Waals surface area contributed by atoms with E-state index in [0.717, 1.165) is 28.9 Å². The van der Waals surface area contributed by atoms with Crippen molar-refractivity contribution in [1.82, 2.24) is 15.5 Å². The lowest BCUT2D eigenvalue weighted by molar-refractivity contribution is 0.0949. The number of para-hydroxylation sites is 1. The standard InChI is InChI=1S/C25H20F2N4O2/c1-31(19-5-3-2-4-6-19)25(33)20-15-29-30-23(20)17-9-7-16(8-10-17)14-28-24(32)18-11-12-21(26)22(27)13-18/h2-13,15H,14H2,1H3,(H,28,32)(H,29,30). The van der Waals surface area contributed by atoms with Crippen LogP contribution in [0.25, 0.3) is 11.3 Å². The van der Waals surface area contributed by atoms with Crippen LogP contribution in [-0.2, 0) is 6.54 Å². The molecule has 1 heterocycles. The molecule has 0 radical (unpaired) electrons. The highest BCUT2D eigenvalue weighted by atomic mass is 19.2. The van der Waals surface area contributed by atoms with Gasteiger partial charge in [-0.3, -0.25) is 14.7 Å². The van der Waals surface area contributed by atoms with Crippen molar-refractivity contribution in [3.05, 3.63) is 107 Å². The van der Waals surface area contributed by atoms with Crippen LogP contribution in [0.5, 0.6) is 0 Å². The Hall–Kier alpha value is -4.33. The van der Waals surface area contributed by atoms with Crippen LogP contribution in [0.15, 0.2) is 79.0 Å². The molecule has 0 bridgehead atoms. The molecule has 166 valence electrons. The molecule has 0 unspecified atom stereocenters. The Morgan fingerprint density at radius 1 is 0.970 bits per heavy atom. The molecule has 2 N–H and O–H groups in total. The second-order valence-corrected chi connectivity index (χ2v) is 7.37. The van der Waals surface area contributed by atoms with Crippen molar-refractivity contribution in [2.24, 2.45) is 0 Å². The van der Waals surface area contributed by atoms with Crippen LogP contribution >= 0.6 is 0 Å². The van der Waals surface area contributed by atoms with Crippen molar-refractivity contribution in [1.29, 1.82) is 0 Å². The Morgan fingerprint density at radius 2 is 1.70 bits per heavy atom. The SMILES string of the molecule is CN(C(=O)c1cn[nH]c1-c1ccc(CNC(=O)c2ccc(F)c(F)c2)cc1)c1ccccc1. The zero-order chi connectivity index (χ0) is 23.4. The fourth-order valence-corrected chi connectivity index (χ4v) is 3.33. The summed E-state index contributed by atoms with van der Waals surface area (Å²) >= 11 is 0. The lowest BCUT2D eigenvalue weighted by Crippen LogP contribution is -2.26. The van der Waals surface area contributed by atoms with E-state index >= 15 is 0 Å². The summed E-state index contributed by atoms with van der Waals surface area (Å²) in [5.41, 5.74) is 3.37. The average Bonchev–Trinajstić information content (AvgIpc) is 3.34. The highest BCUT2D eigenvalue weighted by molar-refractivity contribution is 6.09. The highest BCUT2D eigenvalue weighted by Crippen LogP contribution is 2.24. The summed E-state index contributed by atoms with van der Waals surface area (Å²) in [7, 11) is 1.70. The van der Waals surface area contributed by atoms with E-state index in [0.29, 0.717) is 11.3 Å². The topological polar surface area (TPSA) is 78.1 Å². The largest absolute Gasteiger partial charge is 0.348 e. The summed E-state index contributed by atoms with van der Waals surface area (Å²) in [6, 6.07) is 19.5. The second kappa shape index (κ2) is 9.44. The number of nitrogens with zero attached hydrogens (tertiary/aromatic N) is 2. The molecule has 0 aliphatic rings. The molecule has 1 aromatic heterocycles. The third-order valence-corrected chi connectivity index (χ3v) is 5.20. The van der Waals surface area contributed by atoms with Crippen LogP contribution in [0.1, 0.15) is 26.3 Å². The number of carbonyl (C=O) groups excluding carboxylic acids is 2. The van der Waals surface area contributed by atoms with Crippen LogP contribution in [0.2, 0.25) is 0 Å². The first-order valence-corrected chi connectivity index (χ1v) is 10.1. The van der Waals surface area contributed by atoms with Crippen molar-refractivity contribution in [3.63, 3.8) is 0 Å². The molecule has 0 spiro atoms. The smallest absolute Gasteiger partial charge is 0.261 e. The first-order chi connectivity index (χ1) is 15.9. The number of aromatic nitrogens is 2. The van der Waals surface area contributed by atoms with Gasteiger partial charge in [0, 0.05) is 30.4 Å². The molecule has 0 fully saturated rings. The molecule has 8 heteroatoms. The minimum absolute atomic E-state index is 0.0358. The number of halogens is 2. The number of aromatic amines is 1. The van der Waals surface area contributed by atoms with Crippen LogP contribution < -0.4 is 10.2 Å². The van der Waals surface area contributed by atoms with Gasteiger partial charge in [-0.15, -0.1) is 0 Å². The number of H-pyrrole nitrogens is 1. The van der Waals surface area contributed by atoms with Crippen molar-refractivity contribution >= 4 is 17.5 Å². The molecular weight excluding hydrogens is 426 g/mol. The van der Waals surface area contributed by atoms with E-state index in [-0.39, 0.29) is 18.0 Å². The highest BCUT2D eigenvalue weighted by Gasteiger charge is 2.20. The van der Waals surface area contributed by atoms with Gasteiger partial charge >= 0.3 is 0 Å². The van der Waals surface area contributed by atoms with Gasteiger partial charge < -0.3 is 10.2 Å². The second-order valence-electron chi connectivity index (χ2n) is 7.37. The zero-order valence-corrected chi connectivity index (χ0v) is 17.7. The Kier molecular flexibility index (Phi) is 6.26. The molecule has 0 atom stereocenters. The van der Waals surface area contributed by atoms with Gasteiger partial charge in [0.25, 0.3) is 11.8 Å². The number of anilines is 1. The monoisotopic (exact) mass is 446 g/mol. The first kappa shape index (κ1) is 21.9. The molecule has 0 aliphatic carbocycles. The van der Waals surface area contributed by atoms with Gasteiger partial charge in [0.1, 0.15) is 0 Å². The number of nitrogens with one attached hydrogen (secondary N) is 2. The lowest BCUT2D eigenvalue weighted by atomic mass is 10.0. The van der Waals surface area contributed by atoms with Gasteiger partial charge in [0.2, 0.25) is 0 Å². The zero-order valence-electron chi connectivity index (χ0n) is 17.7. The van der Waals surface area contributed by atoms with Crippen LogP contribution in [0.4, 0.5) is 14.5 Å². The predicted octanol–water partition coefficient (Wildman–Crippen LogP) is 4.56. The fraction of sp³-hybridized carbons (Fsp3) is 0.0800. The minimum Gasteiger partial charge on any atom is -0.348 e.